The fraction of sp³-hybridized carbons (Fsp3) is 0.111. The van der Waals surface area contributed by atoms with Crippen LogP contribution in [0.2, 0.25) is 0 Å². The first-order chi connectivity index (χ1) is 6.93. The van der Waals surface area contributed by atoms with E-state index in [0.717, 1.165) is 6.07 Å². The first-order valence-corrected chi connectivity index (χ1v) is 5.45. The smallest absolute Gasteiger partial charge is 0.311 e. The average molecular weight is 229 g/mol. The molecular formula is C9H9O5S. The maximum Gasteiger partial charge on any atom is 0.311 e. The molecule has 0 saturated carbocycles. The lowest BCUT2D eigenvalue weighted by Gasteiger charge is -2.03. The molecule has 0 amide bonds. The van der Waals surface area contributed by atoms with Gasteiger partial charge in [0.15, 0.2) is 0 Å². The van der Waals surface area contributed by atoms with Gasteiger partial charge in [0.25, 0.3) is 10.1 Å². The molecule has 0 aliphatic carbocycles. The summed E-state index contributed by atoms with van der Waals surface area (Å²) in [6.45, 7) is 3.31. The van der Waals surface area contributed by atoms with Gasteiger partial charge >= 0.3 is 5.97 Å². The summed E-state index contributed by atoms with van der Waals surface area (Å²) >= 11 is 0. The number of carbonyl (C=O) groups is 1. The molecule has 0 spiro atoms. The van der Waals surface area contributed by atoms with E-state index >= 15 is 0 Å². The Morgan fingerprint density at radius 3 is 2.67 bits per heavy atom. The SMILES string of the molecule is [CH2]CC(=O)Oc1cccc(S(=O)(=O)O)c1. The molecule has 1 aromatic carbocycles. The molecule has 1 N–H and O–H groups in total. The van der Waals surface area contributed by atoms with Gasteiger partial charge in [0, 0.05) is 12.5 Å². The Balaban J connectivity index is 2.99. The van der Waals surface area contributed by atoms with Crippen LogP contribution in [-0.2, 0) is 14.9 Å². The molecule has 0 bridgehead atoms. The van der Waals surface area contributed by atoms with Gasteiger partial charge in [-0.25, -0.2) is 0 Å². The third-order valence-corrected chi connectivity index (χ3v) is 2.39. The largest absolute Gasteiger partial charge is 0.426 e. The first-order valence-electron chi connectivity index (χ1n) is 4.01. The van der Waals surface area contributed by atoms with Crippen LogP contribution in [0.25, 0.3) is 0 Å². The van der Waals surface area contributed by atoms with E-state index in [1.807, 2.05) is 0 Å². The third kappa shape index (κ3) is 3.34. The number of carbonyl (C=O) groups excluding carboxylic acids is 1. The number of hydrogen-bond donors (Lipinski definition) is 1. The van der Waals surface area contributed by atoms with Crippen molar-refractivity contribution in [3.05, 3.63) is 31.2 Å². The van der Waals surface area contributed by atoms with E-state index in [0.29, 0.717) is 0 Å². The zero-order valence-electron chi connectivity index (χ0n) is 7.71. The zero-order chi connectivity index (χ0) is 11.5. The van der Waals surface area contributed by atoms with Gasteiger partial charge in [-0.3, -0.25) is 9.35 Å². The van der Waals surface area contributed by atoms with Gasteiger partial charge in [0.05, 0.1) is 4.90 Å². The Morgan fingerprint density at radius 1 is 1.47 bits per heavy atom. The summed E-state index contributed by atoms with van der Waals surface area (Å²) in [4.78, 5) is 10.5. The molecule has 0 heterocycles. The third-order valence-electron chi connectivity index (χ3n) is 1.54. The summed E-state index contributed by atoms with van der Waals surface area (Å²) in [6, 6.07) is 5.01. The van der Waals surface area contributed by atoms with Crippen LogP contribution < -0.4 is 4.74 Å². The van der Waals surface area contributed by atoms with Crippen LogP contribution in [0.15, 0.2) is 29.2 Å². The van der Waals surface area contributed by atoms with Crippen molar-refractivity contribution in [2.45, 2.75) is 11.3 Å². The van der Waals surface area contributed by atoms with Crippen LogP contribution in [0.5, 0.6) is 5.75 Å². The highest BCUT2D eigenvalue weighted by Gasteiger charge is 2.11. The number of ether oxygens (including phenoxy) is 1. The van der Waals surface area contributed by atoms with Gasteiger partial charge in [-0.05, 0) is 19.1 Å². The Morgan fingerprint density at radius 2 is 2.13 bits per heavy atom. The standard InChI is InChI=1S/C9H9O5S/c1-2-9(10)14-7-4-3-5-8(6-7)15(11,12)13/h3-6H,1-2H2,(H,11,12,13). The average Bonchev–Trinajstić information content (AvgIpc) is 2.17. The van der Waals surface area contributed by atoms with Crippen LogP contribution in [-0.4, -0.2) is 18.9 Å². The van der Waals surface area contributed by atoms with Crippen molar-refractivity contribution in [1.29, 1.82) is 0 Å². The second kappa shape index (κ2) is 4.41. The Kier molecular flexibility index (Phi) is 3.43. The van der Waals surface area contributed by atoms with E-state index in [1.54, 1.807) is 0 Å². The first kappa shape index (κ1) is 11.7. The van der Waals surface area contributed by atoms with E-state index in [9.17, 15) is 13.2 Å². The van der Waals surface area contributed by atoms with Gasteiger partial charge in [0.2, 0.25) is 0 Å². The predicted molar refractivity (Wildman–Crippen MR) is 51.9 cm³/mol. The summed E-state index contributed by atoms with van der Waals surface area (Å²) in [5.41, 5.74) is 0. The fourth-order valence-electron chi connectivity index (χ4n) is 0.881. The second-order valence-corrected chi connectivity index (χ2v) is 4.10. The normalized spacial score (nSPS) is 11.1. The van der Waals surface area contributed by atoms with Crippen LogP contribution in [0.1, 0.15) is 6.42 Å². The van der Waals surface area contributed by atoms with Crippen molar-refractivity contribution in [2.75, 3.05) is 0 Å². The molecule has 0 aliphatic rings. The van der Waals surface area contributed by atoms with E-state index in [4.69, 9.17) is 9.29 Å². The molecule has 0 saturated heterocycles. The molecule has 15 heavy (non-hydrogen) atoms. The molecule has 1 radical (unpaired) electrons. The van der Waals surface area contributed by atoms with Gasteiger partial charge < -0.3 is 4.74 Å². The van der Waals surface area contributed by atoms with Crippen molar-refractivity contribution in [1.82, 2.24) is 0 Å². The summed E-state index contributed by atoms with van der Waals surface area (Å²) in [6.07, 6.45) is -0.0594. The molecule has 0 unspecified atom stereocenters. The highest BCUT2D eigenvalue weighted by atomic mass is 32.2. The minimum Gasteiger partial charge on any atom is -0.426 e. The Bertz CT molecular complexity index is 463. The molecule has 1 rings (SSSR count). The van der Waals surface area contributed by atoms with Gasteiger partial charge in [0.1, 0.15) is 5.75 Å². The lowest BCUT2D eigenvalue weighted by molar-refractivity contribution is -0.133. The highest BCUT2D eigenvalue weighted by Crippen LogP contribution is 2.17. The quantitative estimate of drug-likeness (QED) is 0.476. The van der Waals surface area contributed by atoms with Gasteiger partial charge in [-0.1, -0.05) is 6.07 Å². The minimum atomic E-state index is -4.27. The van der Waals surface area contributed by atoms with E-state index in [1.165, 1.54) is 18.2 Å². The zero-order valence-corrected chi connectivity index (χ0v) is 8.53. The lowest BCUT2D eigenvalue weighted by Crippen LogP contribution is -2.06. The lowest BCUT2D eigenvalue weighted by atomic mass is 10.3. The summed E-state index contributed by atoms with van der Waals surface area (Å²) < 4.78 is 34.9. The summed E-state index contributed by atoms with van der Waals surface area (Å²) in [7, 11) is -4.27. The van der Waals surface area contributed by atoms with Crippen LogP contribution in [0.3, 0.4) is 0 Å². The van der Waals surface area contributed by atoms with E-state index < -0.39 is 16.1 Å². The molecule has 0 aromatic heterocycles. The maximum atomic E-state index is 10.8. The highest BCUT2D eigenvalue weighted by molar-refractivity contribution is 7.85. The molecule has 0 aliphatic heterocycles. The van der Waals surface area contributed by atoms with Crippen molar-refractivity contribution in [2.24, 2.45) is 0 Å². The topological polar surface area (TPSA) is 80.7 Å². The molecule has 6 heteroatoms. The molecule has 5 nitrogen and oxygen atoms in total. The monoisotopic (exact) mass is 229 g/mol. The Labute approximate surface area is 87.4 Å². The second-order valence-electron chi connectivity index (χ2n) is 2.67. The molecule has 81 valence electrons. The molecule has 0 fully saturated rings. The molecule has 0 atom stereocenters. The maximum absolute atomic E-state index is 10.8. The predicted octanol–water partition coefficient (Wildman–Crippen LogP) is 1.06. The minimum absolute atomic E-state index is 0.0544. The number of rotatable bonds is 3. The molecule has 1 aromatic rings. The van der Waals surface area contributed by atoms with Crippen molar-refractivity contribution >= 4 is 16.1 Å². The van der Waals surface area contributed by atoms with Crippen LogP contribution in [0, 0.1) is 6.92 Å². The number of hydrogen-bond acceptors (Lipinski definition) is 4. The number of esters is 1. The van der Waals surface area contributed by atoms with Crippen molar-refractivity contribution < 1.29 is 22.5 Å². The van der Waals surface area contributed by atoms with E-state index in [2.05, 4.69) is 6.92 Å². The van der Waals surface area contributed by atoms with Crippen molar-refractivity contribution in [3.8, 4) is 5.75 Å². The van der Waals surface area contributed by atoms with Crippen LogP contribution >= 0.6 is 0 Å². The number of benzene rings is 1. The van der Waals surface area contributed by atoms with Crippen LogP contribution in [0.4, 0.5) is 0 Å². The van der Waals surface area contributed by atoms with Gasteiger partial charge in [-0.2, -0.15) is 8.42 Å². The summed E-state index contributed by atoms with van der Waals surface area (Å²) in [5, 5.41) is 0. The summed E-state index contributed by atoms with van der Waals surface area (Å²) in [5.74, 6) is -0.527. The van der Waals surface area contributed by atoms with Gasteiger partial charge in [-0.15, -0.1) is 0 Å². The van der Waals surface area contributed by atoms with E-state index in [-0.39, 0.29) is 17.1 Å². The molecular weight excluding hydrogens is 220 g/mol. The Hall–Kier alpha value is -1.40. The fourth-order valence-corrected chi connectivity index (χ4v) is 1.40. The van der Waals surface area contributed by atoms with Crippen molar-refractivity contribution in [3.63, 3.8) is 0 Å².